The number of aryl methyl sites for hydroxylation is 1. The van der Waals surface area contributed by atoms with Crippen LogP contribution in [-0.4, -0.2) is 29.9 Å². The Hall–Kier alpha value is -1.55. The van der Waals surface area contributed by atoms with Gasteiger partial charge >= 0.3 is 0 Å². The fraction of sp³-hybridized carbons (Fsp3) is 0.562. The maximum atomic E-state index is 12.3. The van der Waals surface area contributed by atoms with E-state index in [0.29, 0.717) is 5.69 Å². The van der Waals surface area contributed by atoms with E-state index in [4.69, 9.17) is 5.73 Å². The first-order chi connectivity index (χ1) is 9.49. The molecule has 0 aromatic heterocycles. The Bertz CT molecular complexity index is 445. The minimum atomic E-state index is -0.122. The van der Waals surface area contributed by atoms with Crippen molar-refractivity contribution in [2.45, 2.75) is 46.6 Å². The lowest BCUT2D eigenvalue weighted by Gasteiger charge is -2.27. The monoisotopic (exact) mass is 277 g/mol. The van der Waals surface area contributed by atoms with Gasteiger partial charge in [0.2, 0.25) is 5.91 Å². The summed E-state index contributed by atoms with van der Waals surface area (Å²) in [7, 11) is 0. The number of rotatable bonds is 7. The molecule has 1 atom stereocenters. The second-order valence-electron chi connectivity index (χ2n) is 5.22. The van der Waals surface area contributed by atoms with Crippen LogP contribution in [0.3, 0.4) is 0 Å². The Balaban J connectivity index is 2.68. The molecule has 0 aliphatic rings. The number of nitrogens with two attached hydrogens (primary N) is 1. The first-order valence-electron chi connectivity index (χ1n) is 7.40. The molecule has 112 valence electrons. The molecule has 0 saturated carbocycles. The van der Waals surface area contributed by atoms with Crippen LogP contribution in [0.1, 0.15) is 39.2 Å². The van der Waals surface area contributed by atoms with Crippen molar-refractivity contribution in [2.75, 3.05) is 24.1 Å². The standard InChI is InChI=1S/C16H27N3O/c1-5-7-10-19(6-2)13(4)16(20)18-15-9-8-14(17)11-12(15)3/h8-9,11,13H,5-7,10,17H2,1-4H3,(H,18,20). The van der Waals surface area contributed by atoms with E-state index in [2.05, 4.69) is 24.1 Å². The van der Waals surface area contributed by atoms with Crippen molar-refractivity contribution in [3.63, 3.8) is 0 Å². The third-order valence-corrected chi connectivity index (χ3v) is 3.64. The van der Waals surface area contributed by atoms with E-state index in [1.807, 2.05) is 32.0 Å². The Morgan fingerprint density at radius 3 is 2.65 bits per heavy atom. The summed E-state index contributed by atoms with van der Waals surface area (Å²) in [5.41, 5.74) is 8.26. The van der Waals surface area contributed by atoms with Gasteiger partial charge in [-0.05, 0) is 57.1 Å². The molecule has 1 aromatic rings. The topological polar surface area (TPSA) is 58.4 Å². The number of likely N-dealkylation sites (N-methyl/N-ethyl adjacent to an activating group) is 1. The summed E-state index contributed by atoms with van der Waals surface area (Å²) in [6.07, 6.45) is 2.26. The molecule has 0 fully saturated rings. The highest BCUT2D eigenvalue weighted by atomic mass is 16.2. The van der Waals surface area contributed by atoms with E-state index in [-0.39, 0.29) is 11.9 Å². The molecule has 20 heavy (non-hydrogen) atoms. The Morgan fingerprint density at radius 1 is 1.40 bits per heavy atom. The first kappa shape index (κ1) is 16.5. The molecule has 1 aromatic carbocycles. The van der Waals surface area contributed by atoms with Crippen LogP contribution in [0.2, 0.25) is 0 Å². The first-order valence-corrected chi connectivity index (χ1v) is 7.40. The number of nitrogens with one attached hydrogen (secondary N) is 1. The summed E-state index contributed by atoms with van der Waals surface area (Å²) in [6.45, 7) is 10.0. The van der Waals surface area contributed by atoms with Gasteiger partial charge in [0.15, 0.2) is 0 Å². The molecule has 0 aliphatic carbocycles. The lowest BCUT2D eigenvalue weighted by molar-refractivity contribution is -0.120. The summed E-state index contributed by atoms with van der Waals surface area (Å²) in [6, 6.07) is 5.41. The van der Waals surface area contributed by atoms with Gasteiger partial charge in [-0.1, -0.05) is 20.3 Å². The molecule has 1 rings (SSSR count). The second-order valence-corrected chi connectivity index (χ2v) is 5.22. The average molecular weight is 277 g/mol. The predicted octanol–water partition coefficient (Wildman–Crippen LogP) is 3.03. The van der Waals surface area contributed by atoms with Crippen molar-refractivity contribution in [1.29, 1.82) is 0 Å². The molecule has 0 saturated heterocycles. The minimum absolute atomic E-state index is 0.0378. The van der Waals surface area contributed by atoms with Crippen LogP contribution in [0.15, 0.2) is 18.2 Å². The predicted molar refractivity (Wildman–Crippen MR) is 85.8 cm³/mol. The summed E-state index contributed by atoms with van der Waals surface area (Å²) < 4.78 is 0. The van der Waals surface area contributed by atoms with Crippen LogP contribution >= 0.6 is 0 Å². The average Bonchev–Trinajstić information content (AvgIpc) is 2.42. The van der Waals surface area contributed by atoms with E-state index in [9.17, 15) is 4.79 Å². The van der Waals surface area contributed by atoms with Crippen molar-refractivity contribution >= 4 is 17.3 Å². The number of carbonyl (C=O) groups is 1. The van der Waals surface area contributed by atoms with Crippen LogP contribution in [0.5, 0.6) is 0 Å². The Labute approximate surface area is 122 Å². The highest BCUT2D eigenvalue weighted by molar-refractivity contribution is 5.95. The molecule has 3 N–H and O–H groups in total. The maximum Gasteiger partial charge on any atom is 0.241 e. The van der Waals surface area contributed by atoms with Crippen molar-refractivity contribution in [2.24, 2.45) is 0 Å². The molecule has 4 heteroatoms. The normalized spacial score (nSPS) is 12.4. The van der Waals surface area contributed by atoms with Gasteiger partial charge < -0.3 is 11.1 Å². The van der Waals surface area contributed by atoms with Crippen molar-refractivity contribution in [1.82, 2.24) is 4.90 Å². The lowest BCUT2D eigenvalue weighted by atomic mass is 10.1. The highest BCUT2D eigenvalue weighted by Gasteiger charge is 2.19. The quantitative estimate of drug-likeness (QED) is 0.753. The van der Waals surface area contributed by atoms with Crippen LogP contribution < -0.4 is 11.1 Å². The van der Waals surface area contributed by atoms with Crippen LogP contribution in [-0.2, 0) is 4.79 Å². The van der Waals surface area contributed by atoms with Gasteiger partial charge in [0.25, 0.3) is 0 Å². The molecular formula is C16H27N3O. The van der Waals surface area contributed by atoms with Gasteiger partial charge in [-0.2, -0.15) is 0 Å². The molecule has 0 bridgehead atoms. The number of anilines is 2. The molecule has 0 radical (unpaired) electrons. The van der Waals surface area contributed by atoms with Crippen molar-refractivity contribution in [3.8, 4) is 0 Å². The number of carbonyl (C=O) groups excluding carboxylic acids is 1. The van der Waals surface area contributed by atoms with Gasteiger partial charge in [0.05, 0.1) is 6.04 Å². The van der Waals surface area contributed by atoms with Gasteiger partial charge in [-0.3, -0.25) is 9.69 Å². The molecule has 1 amide bonds. The molecule has 0 aliphatic heterocycles. The van der Waals surface area contributed by atoms with E-state index in [1.165, 1.54) is 0 Å². The van der Waals surface area contributed by atoms with Gasteiger partial charge in [0.1, 0.15) is 0 Å². The van der Waals surface area contributed by atoms with Gasteiger partial charge in [-0.15, -0.1) is 0 Å². The van der Waals surface area contributed by atoms with Crippen molar-refractivity contribution in [3.05, 3.63) is 23.8 Å². The SMILES string of the molecule is CCCCN(CC)C(C)C(=O)Nc1ccc(N)cc1C. The minimum Gasteiger partial charge on any atom is -0.399 e. The number of amides is 1. The fourth-order valence-corrected chi connectivity index (χ4v) is 2.22. The van der Waals surface area contributed by atoms with E-state index < -0.39 is 0 Å². The molecule has 0 spiro atoms. The lowest BCUT2D eigenvalue weighted by Crippen LogP contribution is -2.42. The third kappa shape index (κ3) is 4.53. The summed E-state index contributed by atoms with van der Waals surface area (Å²) in [4.78, 5) is 14.5. The van der Waals surface area contributed by atoms with Crippen LogP contribution in [0.25, 0.3) is 0 Å². The number of hydrogen-bond donors (Lipinski definition) is 2. The fourth-order valence-electron chi connectivity index (χ4n) is 2.22. The number of nitrogen functional groups attached to an aromatic ring is 1. The smallest absolute Gasteiger partial charge is 0.241 e. The largest absolute Gasteiger partial charge is 0.399 e. The van der Waals surface area contributed by atoms with Crippen LogP contribution in [0.4, 0.5) is 11.4 Å². The number of benzene rings is 1. The Kier molecular flexibility index (Phi) is 6.52. The molecular weight excluding hydrogens is 250 g/mol. The van der Waals surface area contributed by atoms with E-state index >= 15 is 0 Å². The third-order valence-electron chi connectivity index (χ3n) is 3.64. The Morgan fingerprint density at radius 2 is 2.10 bits per heavy atom. The van der Waals surface area contributed by atoms with E-state index in [0.717, 1.165) is 37.2 Å². The van der Waals surface area contributed by atoms with Crippen molar-refractivity contribution < 1.29 is 4.79 Å². The number of hydrogen-bond acceptors (Lipinski definition) is 3. The summed E-state index contributed by atoms with van der Waals surface area (Å²) in [5.74, 6) is 0.0378. The number of unbranched alkanes of at least 4 members (excludes halogenated alkanes) is 1. The molecule has 1 unspecified atom stereocenters. The van der Waals surface area contributed by atoms with Gasteiger partial charge in [0, 0.05) is 11.4 Å². The zero-order valence-corrected chi connectivity index (χ0v) is 13.1. The molecule has 4 nitrogen and oxygen atoms in total. The summed E-state index contributed by atoms with van der Waals surface area (Å²) >= 11 is 0. The summed E-state index contributed by atoms with van der Waals surface area (Å²) in [5, 5.41) is 2.99. The number of nitrogens with zero attached hydrogens (tertiary/aromatic N) is 1. The second kappa shape index (κ2) is 7.90. The van der Waals surface area contributed by atoms with Gasteiger partial charge in [-0.25, -0.2) is 0 Å². The maximum absolute atomic E-state index is 12.3. The zero-order valence-electron chi connectivity index (χ0n) is 13.1. The van der Waals surface area contributed by atoms with E-state index in [1.54, 1.807) is 0 Å². The molecule has 0 heterocycles. The van der Waals surface area contributed by atoms with Crippen LogP contribution in [0, 0.1) is 6.92 Å². The zero-order chi connectivity index (χ0) is 15.1. The highest BCUT2D eigenvalue weighted by Crippen LogP contribution is 2.18.